The summed E-state index contributed by atoms with van der Waals surface area (Å²) < 4.78 is 17.4. The van der Waals surface area contributed by atoms with Crippen LogP contribution in [0.4, 0.5) is 0 Å². The van der Waals surface area contributed by atoms with Gasteiger partial charge in [-0.3, -0.25) is 4.79 Å². The first-order chi connectivity index (χ1) is 14.7. The number of benzene rings is 2. The van der Waals surface area contributed by atoms with Gasteiger partial charge < -0.3 is 24.8 Å². The number of rotatable bonds is 11. The Kier molecular flexibility index (Phi) is 9.44. The molecule has 6 heteroatoms. The third kappa shape index (κ3) is 7.28. The molecule has 2 atom stereocenters. The largest absolute Gasteiger partial charge is 0.374 e. The second-order valence-corrected chi connectivity index (χ2v) is 8.65. The molecule has 0 spiro atoms. The van der Waals surface area contributed by atoms with E-state index in [2.05, 4.69) is 18.2 Å². The summed E-state index contributed by atoms with van der Waals surface area (Å²) in [4.78, 5) is 15.2. The highest BCUT2D eigenvalue weighted by Gasteiger charge is 2.32. The lowest BCUT2D eigenvalue weighted by Gasteiger charge is -2.36. The Morgan fingerprint density at radius 3 is 2.26 bits per heavy atom. The van der Waals surface area contributed by atoms with Crippen molar-refractivity contribution < 1.29 is 19.0 Å². The Bertz CT molecular complexity index is 822. The maximum absolute atomic E-state index is 13.5. The lowest BCUT2D eigenvalue weighted by Crippen LogP contribution is -2.54. The number of ether oxygens (including phenoxy) is 3. The van der Waals surface area contributed by atoms with Crippen LogP contribution in [-0.2, 0) is 25.5 Å². The first-order valence-corrected chi connectivity index (χ1v) is 11.1. The summed E-state index contributed by atoms with van der Waals surface area (Å²) in [5.74, 6) is -0.186. The van der Waals surface area contributed by atoms with Gasteiger partial charge in [0.1, 0.15) is 6.04 Å². The molecule has 0 aliphatic heterocycles. The van der Waals surface area contributed by atoms with Crippen molar-refractivity contribution in [2.75, 3.05) is 19.8 Å². The van der Waals surface area contributed by atoms with Crippen LogP contribution in [0, 0.1) is 0 Å². The highest BCUT2D eigenvalue weighted by molar-refractivity contribution is 5.87. The molecule has 0 fully saturated rings. The second kappa shape index (κ2) is 11.6. The predicted molar refractivity (Wildman–Crippen MR) is 125 cm³/mol. The van der Waals surface area contributed by atoms with E-state index in [4.69, 9.17) is 19.9 Å². The first kappa shape index (κ1) is 25.3. The van der Waals surface area contributed by atoms with Gasteiger partial charge in [0.25, 0.3) is 0 Å². The zero-order chi connectivity index (χ0) is 23.0. The number of carbonyl (C=O) groups is 1. The molecule has 0 heterocycles. The van der Waals surface area contributed by atoms with Crippen molar-refractivity contribution >= 4 is 16.7 Å². The zero-order valence-electron chi connectivity index (χ0n) is 19.8. The third-order valence-corrected chi connectivity index (χ3v) is 5.06. The van der Waals surface area contributed by atoms with Gasteiger partial charge in [-0.2, -0.15) is 0 Å². The van der Waals surface area contributed by atoms with Gasteiger partial charge in [0.15, 0.2) is 6.29 Å². The Morgan fingerprint density at radius 1 is 1.03 bits per heavy atom. The van der Waals surface area contributed by atoms with E-state index in [9.17, 15) is 4.79 Å². The minimum Gasteiger partial charge on any atom is -0.374 e. The van der Waals surface area contributed by atoms with Crippen molar-refractivity contribution in [1.29, 1.82) is 0 Å². The van der Waals surface area contributed by atoms with Crippen LogP contribution in [0.5, 0.6) is 0 Å². The number of nitrogens with two attached hydrogens (primary N) is 1. The molecule has 2 N–H and O–H groups in total. The Labute approximate surface area is 186 Å². The number of hydrogen-bond donors (Lipinski definition) is 1. The summed E-state index contributed by atoms with van der Waals surface area (Å²) in [7, 11) is 0. The predicted octanol–water partition coefficient (Wildman–Crippen LogP) is 4.10. The van der Waals surface area contributed by atoms with Gasteiger partial charge in [-0.05, 0) is 57.9 Å². The number of amides is 1. The molecular weight excluding hydrogens is 392 g/mol. The van der Waals surface area contributed by atoms with E-state index in [0.717, 1.165) is 16.3 Å². The van der Waals surface area contributed by atoms with Crippen molar-refractivity contribution in [3.63, 3.8) is 0 Å². The first-order valence-electron chi connectivity index (χ1n) is 11.1. The molecule has 172 valence electrons. The fraction of sp³-hybridized carbons (Fsp3) is 0.560. The molecule has 0 unspecified atom stereocenters. The van der Waals surface area contributed by atoms with E-state index in [1.165, 1.54) is 0 Å². The highest BCUT2D eigenvalue weighted by Crippen LogP contribution is 2.23. The number of carbonyl (C=O) groups excluding carboxylic acids is 1. The molecule has 0 saturated carbocycles. The number of hydrogen-bond acceptors (Lipinski definition) is 5. The molecule has 2 aromatic carbocycles. The Balaban J connectivity index is 2.35. The standard InChI is InChI=1S/C25H38N2O4/c1-7-29-24(30-8-2)18(3)27(23(28)22(26)17-31-25(4,5)6)16-20-14-11-13-19-12-9-10-15-21(19)20/h9-15,18,22,24H,7-8,16-17,26H2,1-6H3/t18-,22-/m0/s1. The SMILES string of the molecule is CCOC(OCC)[C@H](C)N(Cc1cccc2ccccc12)C(=O)[C@@H](N)COC(C)(C)C. The van der Waals surface area contributed by atoms with E-state index in [-0.39, 0.29) is 24.2 Å². The van der Waals surface area contributed by atoms with Crippen molar-refractivity contribution in [3.8, 4) is 0 Å². The third-order valence-electron chi connectivity index (χ3n) is 5.06. The smallest absolute Gasteiger partial charge is 0.242 e. The van der Waals surface area contributed by atoms with Gasteiger partial charge in [0, 0.05) is 19.8 Å². The maximum atomic E-state index is 13.5. The van der Waals surface area contributed by atoms with Crippen LogP contribution >= 0.6 is 0 Å². The molecule has 0 bridgehead atoms. The van der Waals surface area contributed by atoms with Crippen LogP contribution in [0.15, 0.2) is 42.5 Å². The van der Waals surface area contributed by atoms with E-state index in [0.29, 0.717) is 19.8 Å². The summed E-state index contributed by atoms with van der Waals surface area (Å²) >= 11 is 0. The topological polar surface area (TPSA) is 74.0 Å². The number of nitrogens with zero attached hydrogens (tertiary/aromatic N) is 1. The van der Waals surface area contributed by atoms with Gasteiger partial charge in [0.2, 0.25) is 5.91 Å². The zero-order valence-corrected chi connectivity index (χ0v) is 19.8. The average molecular weight is 431 g/mol. The van der Waals surface area contributed by atoms with E-state index < -0.39 is 12.3 Å². The van der Waals surface area contributed by atoms with Gasteiger partial charge in [-0.25, -0.2) is 0 Å². The minimum absolute atomic E-state index is 0.148. The average Bonchev–Trinajstić information content (AvgIpc) is 2.74. The molecule has 31 heavy (non-hydrogen) atoms. The second-order valence-electron chi connectivity index (χ2n) is 8.65. The summed E-state index contributed by atoms with van der Waals surface area (Å²) in [5, 5.41) is 2.24. The van der Waals surface area contributed by atoms with Crippen LogP contribution in [-0.4, -0.2) is 54.6 Å². The molecule has 0 aliphatic rings. The van der Waals surface area contributed by atoms with Gasteiger partial charge in [-0.1, -0.05) is 42.5 Å². The summed E-state index contributed by atoms with van der Waals surface area (Å²) in [6, 6.07) is 13.2. The van der Waals surface area contributed by atoms with Gasteiger partial charge in [-0.15, -0.1) is 0 Å². The van der Waals surface area contributed by atoms with E-state index in [1.807, 2.05) is 65.8 Å². The van der Waals surface area contributed by atoms with Crippen LogP contribution in [0.3, 0.4) is 0 Å². The van der Waals surface area contributed by atoms with Crippen LogP contribution in [0.25, 0.3) is 10.8 Å². The molecule has 2 aromatic rings. The van der Waals surface area contributed by atoms with Gasteiger partial charge in [0.05, 0.1) is 18.2 Å². The van der Waals surface area contributed by atoms with Crippen molar-refractivity contribution in [2.24, 2.45) is 5.73 Å². The van der Waals surface area contributed by atoms with Crippen LogP contribution in [0.2, 0.25) is 0 Å². The lowest BCUT2D eigenvalue weighted by molar-refractivity contribution is -0.180. The fourth-order valence-corrected chi connectivity index (χ4v) is 3.46. The molecule has 1 amide bonds. The summed E-state index contributed by atoms with van der Waals surface area (Å²) in [6.45, 7) is 13.1. The molecule has 0 aromatic heterocycles. The highest BCUT2D eigenvalue weighted by atomic mass is 16.7. The lowest BCUT2D eigenvalue weighted by atomic mass is 10.0. The minimum atomic E-state index is -0.777. The van der Waals surface area contributed by atoms with Crippen LogP contribution in [0.1, 0.15) is 47.1 Å². The molecule has 2 rings (SSSR count). The molecular formula is C25H38N2O4. The summed E-state index contributed by atoms with van der Waals surface area (Å²) in [6.07, 6.45) is -0.537. The monoisotopic (exact) mass is 430 g/mol. The maximum Gasteiger partial charge on any atom is 0.242 e. The van der Waals surface area contributed by atoms with Crippen molar-refractivity contribution in [3.05, 3.63) is 48.0 Å². The van der Waals surface area contributed by atoms with Gasteiger partial charge >= 0.3 is 0 Å². The van der Waals surface area contributed by atoms with Crippen LogP contribution < -0.4 is 5.73 Å². The Morgan fingerprint density at radius 2 is 1.65 bits per heavy atom. The van der Waals surface area contributed by atoms with Crippen molar-refractivity contribution in [1.82, 2.24) is 4.90 Å². The Hall–Kier alpha value is -1.99. The quantitative estimate of drug-likeness (QED) is 0.543. The molecule has 0 aliphatic carbocycles. The van der Waals surface area contributed by atoms with E-state index in [1.54, 1.807) is 4.90 Å². The van der Waals surface area contributed by atoms with E-state index >= 15 is 0 Å². The normalized spacial score (nSPS) is 14.1. The molecule has 6 nitrogen and oxygen atoms in total. The number of fused-ring (bicyclic) bond motifs is 1. The molecule has 0 radical (unpaired) electrons. The fourth-order valence-electron chi connectivity index (χ4n) is 3.46. The summed E-state index contributed by atoms with van der Waals surface area (Å²) in [5.41, 5.74) is 6.96. The van der Waals surface area contributed by atoms with Crippen molar-refractivity contribution in [2.45, 2.75) is 72.1 Å². The molecule has 0 saturated heterocycles.